The number of hydrogen-bond acceptors (Lipinski definition) is 6. The summed E-state index contributed by atoms with van der Waals surface area (Å²) in [7, 11) is 4.12. The van der Waals surface area contributed by atoms with Gasteiger partial charge >= 0.3 is 5.97 Å². The lowest BCUT2D eigenvalue weighted by Crippen LogP contribution is -2.42. The maximum atomic E-state index is 14.0. The molecule has 400 valence electrons. The van der Waals surface area contributed by atoms with Crippen LogP contribution in [-0.4, -0.2) is 79.5 Å². The van der Waals surface area contributed by atoms with E-state index < -0.39 is 6.29 Å². The summed E-state index contributed by atoms with van der Waals surface area (Å²) < 4.78 is 12.1. The number of nitrogens with zero attached hydrogens (tertiary/aromatic N) is 2. The van der Waals surface area contributed by atoms with Crippen LogP contribution >= 0.6 is 0 Å². The van der Waals surface area contributed by atoms with Crippen molar-refractivity contribution in [2.75, 3.05) is 40.4 Å². The first kappa shape index (κ1) is 65.8. The van der Waals surface area contributed by atoms with Gasteiger partial charge in [0, 0.05) is 32.0 Å². The van der Waals surface area contributed by atoms with Gasteiger partial charge in [0.1, 0.15) is 0 Å². The molecule has 4 atom stereocenters. The Morgan fingerprint density at radius 1 is 0.403 bits per heavy atom. The van der Waals surface area contributed by atoms with Gasteiger partial charge < -0.3 is 24.4 Å². The van der Waals surface area contributed by atoms with Gasteiger partial charge in [-0.1, -0.05) is 234 Å². The summed E-state index contributed by atoms with van der Waals surface area (Å²) in [6.07, 6.45) is 49.9. The van der Waals surface area contributed by atoms with Gasteiger partial charge in [-0.3, -0.25) is 9.59 Å². The quantitative estimate of drug-likeness (QED) is 0.0372. The molecule has 0 radical (unpaired) electrons. The van der Waals surface area contributed by atoms with Gasteiger partial charge in [0.05, 0.1) is 13.2 Å². The summed E-state index contributed by atoms with van der Waals surface area (Å²) >= 11 is 0. The van der Waals surface area contributed by atoms with Gasteiger partial charge in [-0.2, -0.15) is 0 Å². The fourth-order valence-electron chi connectivity index (χ4n) is 9.93. The largest absolute Gasteiger partial charge is 0.465 e. The highest BCUT2D eigenvalue weighted by molar-refractivity contribution is 5.76. The van der Waals surface area contributed by atoms with E-state index in [-0.39, 0.29) is 12.0 Å². The minimum Gasteiger partial charge on any atom is -0.465 e. The van der Waals surface area contributed by atoms with Crippen molar-refractivity contribution in [2.24, 2.45) is 11.8 Å². The highest BCUT2D eigenvalue weighted by Crippen LogP contribution is 2.24. The Morgan fingerprint density at radius 2 is 0.761 bits per heavy atom. The topological polar surface area (TPSA) is 79.3 Å². The SMILES string of the molecule is CCCCCCCCCCN(C(=O)CCN(C)C)C(CCCCCC(=O)OCC(CCCCCC)CCCCCCCC)CCCCCC(O)OCC(CCCCCC)CCCCCCCC. The maximum absolute atomic E-state index is 14.0. The third-order valence-corrected chi connectivity index (χ3v) is 14.6. The van der Waals surface area contributed by atoms with E-state index in [9.17, 15) is 14.7 Å². The molecule has 0 aliphatic heterocycles. The highest BCUT2D eigenvalue weighted by atomic mass is 16.6. The summed E-state index contributed by atoms with van der Waals surface area (Å²) in [5, 5.41) is 10.9. The first-order chi connectivity index (χ1) is 32.7. The summed E-state index contributed by atoms with van der Waals surface area (Å²) in [6.45, 7) is 14.3. The lowest BCUT2D eigenvalue weighted by atomic mass is 9.95. The molecule has 0 saturated carbocycles. The number of ether oxygens (including phenoxy) is 2. The van der Waals surface area contributed by atoms with Gasteiger partial charge in [-0.25, -0.2) is 0 Å². The van der Waals surface area contributed by atoms with Gasteiger partial charge in [0.25, 0.3) is 0 Å². The molecule has 0 spiro atoms. The number of aliphatic hydroxyl groups is 1. The molecule has 0 aliphatic carbocycles. The molecule has 0 aromatic rings. The lowest BCUT2D eigenvalue weighted by Gasteiger charge is -2.33. The minimum atomic E-state index is -0.687. The normalized spacial score (nSPS) is 13.6. The number of amides is 1. The molecule has 1 N–H and O–H groups in total. The fourth-order valence-corrected chi connectivity index (χ4v) is 9.93. The highest BCUT2D eigenvalue weighted by Gasteiger charge is 2.23. The first-order valence-electron chi connectivity index (χ1n) is 30.1. The molecule has 0 aliphatic rings. The van der Waals surface area contributed by atoms with E-state index in [1.807, 2.05) is 0 Å². The van der Waals surface area contributed by atoms with E-state index in [1.54, 1.807) is 0 Å². The molecule has 7 heteroatoms. The minimum absolute atomic E-state index is 0.0281. The Morgan fingerprint density at radius 3 is 1.22 bits per heavy atom. The molecular formula is C60H120N2O5. The molecule has 0 aromatic carbocycles. The number of carbonyl (C=O) groups is 2. The molecule has 4 unspecified atom stereocenters. The fraction of sp³-hybridized carbons (Fsp3) is 0.967. The number of carbonyl (C=O) groups excluding carboxylic acids is 2. The smallest absolute Gasteiger partial charge is 0.305 e. The zero-order valence-corrected chi connectivity index (χ0v) is 46.5. The van der Waals surface area contributed by atoms with Crippen LogP contribution in [-0.2, 0) is 19.1 Å². The molecule has 0 bridgehead atoms. The van der Waals surface area contributed by atoms with Crippen LogP contribution in [0.3, 0.4) is 0 Å². The molecule has 0 aromatic heterocycles. The summed E-state index contributed by atoms with van der Waals surface area (Å²) in [4.78, 5) is 31.4. The molecule has 67 heavy (non-hydrogen) atoms. The number of hydrogen-bond donors (Lipinski definition) is 1. The van der Waals surface area contributed by atoms with Gasteiger partial charge in [-0.15, -0.1) is 0 Å². The van der Waals surface area contributed by atoms with Crippen molar-refractivity contribution < 1.29 is 24.2 Å². The molecule has 0 heterocycles. The summed E-state index contributed by atoms with van der Waals surface area (Å²) in [6, 6.07) is 0.221. The Labute approximate surface area is 419 Å². The van der Waals surface area contributed by atoms with Crippen molar-refractivity contribution in [1.29, 1.82) is 0 Å². The van der Waals surface area contributed by atoms with Crippen molar-refractivity contribution in [1.82, 2.24) is 9.80 Å². The predicted molar refractivity (Wildman–Crippen MR) is 291 cm³/mol. The second-order valence-electron chi connectivity index (χ2n) is 21.5. The van der Waals surface area contributed by atoms with E-state index in [0.717, 1.165) is 70.9 Å². The van der Waals surface area contributed by atoms with Crippen molar-refractivity contribution in [2.45, 2.75) is 323 Å². The predicted octanol–water partition coefficient (Wildman–Crippen LogP) is 17.7. The Hall–Kier alpha value is -1.18. The maximum Gasteiger partial charge on any atom is 0.305 e. The molecule has 1 amide bonds. The number of esters is 1. The van der Waals surface area contributed by atoms with E-state index in [1.165, 1.54) is 199 Å². The Bertz CT molecular complexity index is 1020. The van der Waals surface area contributed by atoms with Crippen LogP contribution in [0.15, 0.2) is 0 Å². The summed E-state index contributed by atoms with van der Waals surface area (Å²) in [5.74, 6) is 1.32. The van der Waals surface area contributed by atoms with Crippen LogP contribution < -0.4 is 0 Å². The monoisotopic (exact) mass is 949 g/mol. The van der Waals surface area contributed by atoms with Crippen molar-refractivity contribution in [3.05, 3.63) is 0 Å². The van der Waals surface area contributed by atoms with Crippen LogP contribution in [0.2, 0.25) is 0 Å². The van der Waals surface area contributed by atoms with Gasteiger partial charge in [0.15, 0.2) is 6.29 Å². The van der Waals surface area contributed by atoms with Crippen molar-refractivity contribution >= 4 is 11.9 Å². The zero-order chi connectivity index (χ0) is 49.3. The summed E-state index contributed by atoms with van der Waals surface area (Å²) in [5.41, 5.74) is 0. The first-order valence-corrected chi connectivity index (χ1v) is 30.1. The molecule has 0 fully saturated rings. The van der Waals surface area contributed by atoms with Gasteiger partial charge in [-0.05, 0) is 90.1 Å². The standard InChI is InChI=1S/C60H120N2O5/c1-8-13-18-23-26-27-30-41-51-62(58(63)50-52-61(6)7)57(46-37-31-39-48-59(64)66-53-55(42-33-21-16-11-4)44-35-28-24-19-14-9-2)47-38-32-40-49-60(65)67-54-56(43-34-22-17-12-5)45-36-29-25-20-15-10-3/h55-57,59,64H,8-54H2,1-7H3. The second-order valence-corrected chi connectivity index (χ2v) is 21.5. The van der Waals surface area contributed by atoms with Crippen LogP contribution in [0.25, 0.3) is 0 Å². The van der Waals surface area contributed by atoms with Crippen molar-refractivity contribution in [3.63, 3.8) is 0 Å². The van der Waals surface area contributed by atoms with E-state index in [2.05, 4.69) is 58.5 Å². The lowest BCUT2D eigenvalue weighted by molar-refractivity contribution is -0.145. The van der Waals surface area contributed by atoms with Crippen LogP contribution in [0, 0.1) is 11.8 Å². The zero-order valence-electron chi connectivity index (χ0n) is 46.5. The van der Waals surface area contributed by atoms with E-state index in [4.69, 9.17) is 9.47 Å². The number of unbranched alkanes of at least 4 members (excludes halogenated alkanes) is 27. The Kier molecular flexibility index (Phi) is 50.3. The van der Waals surface area contributed by atoms with Crippen molar-refractivity contribution in [3.8, 4) is 0 Å². The van der Waals surface area contributed by atoms with Crippen LogP contribution in [0.5, 0.6) is 0 Å². The molecule has 7 nitrogen and oxygen atoms in total. The van der Waals surface area contributed by atoms with Crippen LogP contribution in [0.4, 0.5) is 0 Å². The van der Waals surface area contributed by atoms with Crippen LogP contribution in [0.1, 0.15) is 311 Å². The number of aliphatic hydroxyl groups excluding tert-OH is 1. The Balaban J connectivity index is 5.36. The molecule has 0 saturated heterocycles. The van der Waals surface area contributed by atoms with E-state index >= 15 is 0 Å². The average molecular weight is 950 g/mol. The molecule has 0 rings (SSSR count). The molecular weight excluding hydrogens is 829 g/mol. The third-order valence-electron chi connectivity index (χ3n) is 14.6. The average Bonchev–Trinajstić information content (AvgIpc) is 3.32. The number of rotatable bonds is 54. The third kappa shape index (κ3) is 44.5. The van der Waals surface area contributed by atoms with E-state index in [0.29, 0.717) is 50.2 Å². The second kappa shape index (κ2) is 51.2. The van der Waals surface area contributed by atoms with Gasteiger partial charge in [0.2, 0.25) is 5.91 Å².